The Bertz CT molecular complexity index is 833. The second-order valence-corrected chi connectivity index (χ2v) is 8.32. The molecule has 0 amide bonds. The maximum atomic E-state index is 6.03. The first-order chi connectivity index (χ1) is 15.8. The molecule has 1 aromatic heterocycles. The first kappa shape index (κ1) is 24.0. The van der Waals surface area contributed by atoms with Gasteiger partial charge in [0.15, 0.2) is 0 Å². The van der Waals surface area contributed by atoms with Crippen molar-refractivity contribution in [3.63, 3.8) is 0 Å². The molecule has 9 heteroatoms. The van der Waals surface area contributed by atoms with Crippen molar-refractivity contribution in [3.8, 4) is 0 Å². The van der Waals surface area contributed by atoms with E-state index in [1.807, 2.05) is 30.5 Å². The fourth-order valence-corrected chi connectivity index (χ4v) is 3.96. The standard InChI is InChI=1S/C23H39N9/c24-22-20-10-4-5-11-21(20)30-23(31-22)29-17-19(32-25)16-27-14-6-12-26-13-7-15-28-18-8-2-1-3-9-18/h4-5,10-11,16,18,26-28,32H,1-3,6-9,12-15,17,25H2,(H3,24,29,30,31)/b19-16-. The Labute approximate surface area is 191 Å². The van der Waals surface area contributed by atoms with Crippen molar-refractivity contribution < 1.29 is 0 Å². The molecular weight excluding hydrogens is 402 g/mol. The summed E-state index contributed by atoms with van der Waals surface area (Å²) in [5.41, 5.74) is 10.3. The number of hydrazine groups is 1. The molecule has 1 aliphatic carbocycles. The number of para-hydroxylation sites is 1. The van der Waals surface area contributed by atoms with Crippen LogP contribution in [0.4, 0.5) is 11.8 Å². The Kier molecular flexibility index (Phi) is 10.3. The van der Waals surface area contributed by atoms with Crippen molar-refractivity contribution in [2.75, 3.05) is 43.8 Å². The number of nitrogens with zero attached hydrogens (tertiary/aromatic N) is 2. The molecule has 2 aromatic rings. The van der Waals surface area contributed by atoms with Gasteiger partial charge in [-0.25, -0.2) is 4.98 Å². The van der Waals surface area contributed by atoms with Crippen LogP contribution in [0.2, 0.25) is 0 Å². The number of nitrogens with one attached hydrogen (secondary N) is 5. The summed E-state index contributed by atoms with van der Waals surface area (Å²) in [5, 5.41) is 14.5. The molecule has 176 valence electrons. The molecule has 1 fully saturated rings. The van der Waals surface area contributed by atoms with Gasteiger partial charge in [-0.15, -0.1) is 0 Å². The summed E-state index contributed by atoms with van der Waals surface area (Å²) < 4.78 is 0. The van der Waals surface area contributed by atoms with Gasteiger partial charge in [-0.1, -0.05) is 31.4 Å². The van der Waals surface area contributed by atoms with E-state index in [9.17, 15) is 0 Å². The minimum atomic E-state index is 0.458. The third-order valence-electron chi connectivity index (χ3n) is 5.77. The topological polar surface area (TPSA) is 138 Å². The van der Waals surface area contributed by atoms with Crippen LogP contribution in [-0.4, -0.2) is 48.7 Å². The van der Waals surface area contributed by atoms with Crippen LogP contribution in [0.1, 0.15) is 44.9 Å². The highest BCUT2D eigenvalue weighted by Crippen LogP contribution is 2.19. The van der Waals surface area contributed by atoms with E-state index in [1.54, 1.807) is 0 Å². The Morgan fingerprint density at radius 1 is 1.00 bits per heavy atom. The van der Waals surface area contributed by atoms with Gasteiger partial charge < -0.3 is 32.4 Å². The number of hydrogen-bond acceptors (Lipinski definition) is 9. The van der Waals surface area contributed by atoms with Crippen LogP contribution in [0.5, 0.6) is 0 Å². The lowest BCUT2D eigenvalue weighted by Gasteiger charge is -2.22. The van der Waals surface area contributed by atoms with E-state index in [4.69, 9.17) is 11.6 Å². The van der Waals surface area contributed by atoms with E-state index >= 15 is 0 Å². The number of aromatic nitrogens is 2. The predicted octanol–water partition coefficient (Wildman–Crippen LogP) is 1.81. The zero-order valence-electron chi connectivity index (χ0n) is 19.0. The van der Waals surface area contributed by atoms with Gasteiger partial charge in [-0.05, 0) is 57.5 Å². The van der Waals surface area contributed by atoms with Crippen LogP contribution in [0.3, 0.4) is 0 Å². The van der Waals surface area contributed by atoms with E-state index in [0.29, 0.717) is 18.3 Å². The van der Waals surface area contributed by atoms with Gasteiger partial charge in [0.1, 0.15) is 5.82 Å². The summed E-state index contributed by atoms with van der Waals surface area (Å²) >= 11 is 0. The maximum absolute atomic E-state index is 6.03. The Balaban J connectivity index is 1.25. The molecule has 1 aromatic carbocycles. The quantitative estimate of drug-likeness (QED) is 0.133. The number of nitrogens with two attached hydrogens (primary N) is 2. The highest BCUT2D eigenvalue weighted by Gasteiger charge is 2.11. The number of fused-ring (bicyclic) bond motifs is 1. The molecule has 9 N–H and O–H groups in total. The average molecular weight is 442 g/mol. The zero-order chi connectivity index (χ0) is 22.4. The maximum Gasteiger partial charge on any atom is 0.225 e. The first-order valence-corrected chi connectivity index (χ1v) is 11.9. The molecule has 0 bridgehead atoms. The van der Waals surface area contributed by atoms with Crippen molar-refractivity contribution >= 4 is 22.7 Å². The van der Waals surface area contributed by atoms with Crippen LogP contribution < -0.4 is 38.3 Å². The molecule has 1 aliphatic rings. The lowest BCUT2D eigenvalue weighted by Crippen LogP contribution is -2.33. The van der Waals surface area contributed by atoms with Gasteiger partial charge in [0.2, 0.25) is 5.95 Å². The van der Waals surface area contributed by atoms with E-state index in [2.05, 4.69) is 36.7 Å². The van der Waals surface area contributed by atoms with Crippen LogP contribution in [0.15, 0.2) is 36.2 Å². The molecule has 0 atom stereocenters. The molecule has 0 aliphatic heterocycles. The molecule has 1 saturated carbocycles. The zero-order valence-corrected chi connectivity index (χ0v) is 19.0. The SMILES string of the molecule is NN/C(=C\NCCCNCCCNC1CCCCC1)CNc1nc(N)c2ccccc2n1. The number of nitrogen functional groups attached to an aromatic ring is 1. The van der Waals surface area contributed by atoms with Gasteiger partial charge in [0.25, 0.3) is 0 Å². The average Bonchev–Trinajstić information content (AvgIpc) is 2.83. The third kappa shape index (κ3) is 8.14. The van der Waals surface area contributed by atoms with Crippen molar-refractivity contribution in [2.24, 2.45) is 5.84 Å². The largest absolute Gasteiger partial charge is 0.389 e. The lowest BCUT2D eigenvalue weighted by atomic mass is 9.95. The van der Waals surface area contributed by atoms with Crippen molar-refractivity contribution in [1.29, 1.82) is 0 Å². The van der Waals surface area contributed by atoms with Gasteiger partial charge in [0, 0.05) is 24.2 Å². The van der Waals surface area contributed by atoms with Gasteiger partial charge in [-0.2, -0.15) is 4.98 Å². The Morgan fingerprint density at radius 3 is 2.59 bits per heavy atom. The summed E-state index contributed by atoms with van der Waals surface area (Å²) in [6, 6.07) is 8.43. The minimum Gasteiger partial charge on any atom is -0.389 e. The predicted molar refractivity (Wildman–Crippen MR) is 133 cm³/mol. The van der Waals surface area contributed by atoms with Crippen LogP contribution in [-0.2, 0) is 0 Å². The Morgan fingerprint density at radius 2 is 1.78 bits per heavy atom. The second kappa shape index (κ2) is 13.7. The van der Waals surface area contributed by atoms with E-state index in [0.717, 1.165) is 55.2 Å². The number of rotatable bonds is 14. The van der Waals surface area contributed by atoms with E-state index in [1.165, 1.54) is 38.5 Å². The molecule has 3 rings (SSSR count). The molecule has 9 nitrogen and oxygen atoms in total. The summed E-state index contributed by atoms with van der Waals surface area (Å²) in [6.45, 7) is 4.51. The third-order valence-corrected chi connectivity index (χ3v) is 5.77. The molecule has 0 saturated heterocycles. The Hall–Kier alpha value is -2.62. The molecule has 1 heterocycles. The number of benzene rings is 1. The summed E-state index contributed by atoms with van der Waals surface area (Å²) in [4.78, 5) is 8.80. The van der Waals surface area contributed by atoms with Crippen LogP contribution in [0, 0.1) is 0 Å². The lowest BCUT2D eigenvalue weighted by molar-refractivity contribution is 0.371. The smallest absolute Gasteiger partial charge is 0.225 e. The number of hydrogen-bond donors (Lipinski definition) is 7. The van der Waals surface area contributed by atoms with Crippen molar-refractivity contribution in [3.05, 3.63) is 36.2 Å². The monoisotopic (exact) mass is 441 g/mol. The van der Waals surface area contributed by atoms with Gasteiger partial charge in [0.05, 0.1) is 17.8 Å². The van der Waals surface area contributed by atoms with E-state index in [-0.39, 0.29) is 0 Å². The van der Waals surface area contributed by atoms with Crippen LogP contribution >= 0.6 is 0 Å². The second-order valence-electron chi connectivity index (χ2n) is 8.32. The molecule has 0 spiro atoms. The summed E-state index contributed by atoms with van der Waals surface area (Å²) in [5.74, 6) is 6.57. The fraction of sp³-hybridized carbons (Fsp3) is 0.565. The normalized spacial score (nSPS) is 15.1. The first-order valence-electron chi connectivity index (χ1n) is 11.9. The molecule has 0 radical (unpaired) electrons. The highest BCUT2D eigenvalue weighted by molar-refractivity contribution is 5.88. The molecule has 32 heavy (non-hydrogen) atoms. The fourth-order valence-electron chi connectivity index (χ4n) is 3.96. The van der Waals surface area contributed by atoms with Gasteiger partial charge in [-0.3, -0.25) is 5.84 Å². The molecular formula is C23H39N9. The molecule has 0 unspecified atom stereocenters. The highest BCUT2D eigenvalue weighted by atomic mass is 15.2. The van der Waals surface area contributed by atoms with E-state index < -0.39 is 0 Å². The summed E-state index contributed by atoms with van der Waals surface area (Å²) in [7, 11) is 0. The number of anilines is 2. The van der Waals surface area contributed by atoms with Crippen molar-refractivity contribution in [2.45, 2.75) is 51.0 Å². The van der Waals surface area contributed by atoms with Gasteiger partial charge >= 0.3 is 0 Å². The van der Waals surface area contributed by atoms with Crippen LogP contribution in [0.25, 0.3) is 10.9 Å². The minimum absolute atomic E-state index is 0.458. The summed E-state index contributed by atoms with van der Waals surface area (Å²) in [6.07, 6.45) is 11.0. The van der Waals surface area contributed by atoms with Crippen molar-refractivity contribution in [1.82, 2.24) is 31.3 Å².